The molecule has 0 radical (unpaired) electrons. The number of halogens is 2. The van der Waals surface area contributed by atoms with Gasteiger partial charge in [-0.25, -0.2) is 4.39 Å². The average Bonchev–Trinajstić information content (AvgIpc) is 2.63. The summed E-state index contributed by atoms with van der Waals surface area (Å²) in [5, 5.41) is 3.41. The second-order valence-electron chi connectivity index (χ2n) is 5.48. The molecule has 0 fully saturated rings. The van der Waals surface area contributed by atoms with E-state index < -0.39 is 0 Å². The lowest BCUT2D eigenvalue weighted by molar-refractivity contribution is 0.302. The van der Waals surface area contributed by atoms with Crippen LogP contribution in [-0.4, -0.2) is 4.98 Å². The Kier molecular flexibility index (Phi) is 7.38. The van der Waals surface area contributed by atoms with Gasteiger partial charge in [-0.15, -0.1) is 12.4 Å². The second kappa shape index (κ2) is 9.77. The van der Waals surface area contributed by atoms with Crippen LogP contribution >= 0.6 is 12.4 Å². The van der Waals surface area contributed by atoms with E-state index in [1.165, 1.54) is 17.7 Å². The van der Waals surface area contributed by atoms with Crippen molar-refractivity contribution in [1.29, 1.82) is 0 Å². The number of aromatic nitrogens is 1. The molecule has 0 atom stereocenters. The summed E-state index contributed by atoms with van der Waals surface area (Å²) < 4.78 is 18.8. The highest BCUT2D eigenvalue weighted by Gasteiger charge is 2.04. The summed E-state index contributed by atoms with van der Waals surface area (Å²) in [7, 11) is 0. The maximum absolute atomic E-state index is 12.9. The maximum atomic E-state index is 12.9. The molecule has 25 heavy (non-hydrogen) atoms. The molecule has 2 aromatic carbocycles. The third kappa shape index (κ3) is 5.85. The van der Waals surface area contributed by atoms with E-state index in [-0.39, 0.29) is 18.2 Å². The summed E-state index contributed by atoms with van der Waals surface area (Å²) in [6.07, 6.45) is 3.58. The van der Waals surface area contributed by atoms with Gasteiger partial charge in [0.15, 0.2) is 0 Å². The largest absolute Gasteiger partial charge is 0.489 e. The van der Waals surface area contributed by atoms with Crippen molar-refractivity contribution in [3.8, 4) is 5.75 Å². The van der Waals surface area contributed by atoms with E-state index in [2.05, 4.69) is 10.3 Å². The highest BCUT2D eigenvalue weighted by molar-refractivity contribution is 5.85. The first-order valence-corrected chi connectivity index (χ1v) is 7.86. The molecule has 3 aromatic rings. The van der Waals surface area contributed by atoms with Crippen molar-refractivity contribution in [2.75, 3.05) is 0 Å². The highest BCUT2D eigenvalue weighted by atomic mass is 35.5. The Morgan fingerprint density at radius 1 is 0.840 bits per heavy atom. The first-order chi connectivity index (χ1) is 11.8. The fraction of sp³-hybridized carbons (Fsp3) is 0.150. The molecule has 3 rings (SSSR count). The SMILES string of the molecule is Cl.Fc1ccc(COc2ccccc2CNCc2ccncc2)cc1. The molecule has 0 aliphatic rings. The molecule has 0 unspecified atom stereocenters. The van der Waals surface area contributed by atoms with E-state index in [0.29, 0.717) is 13.2 Å². The smallest absolute Gasteiger partial charge is 0.124 e. The van der Waals surface area contributed by atoms with Crippen LogP contribution in [0.3, 0.4) is 0 Å². The lowest BCUT2D eigenvalue weighted by atomic mass is 10.2. The van der Waals surface area contributed by atoms with Crippen molar-refractivity contribution in [3.63, 3.8) is 0 Å². The van der Waals surface area contributed by atoms with Gasteiger partial charge in [0.1, 0.15) is 18.2 Å². The molecule has 0 bridgehead atoms. The van der Waals surface area contributed by atoms with E-state index in [1.54, 1.807) is 24.5 Å². The summed E-state index contributed by atoms with van der Waals surface area (Å²) in [5.41, 5.74) is 3.22. The fourth-order valence-electron chi connectivity index (χ4n) is 2.37. The van der Waals surface area contributed by atoms with Crippen LogP contribution < -0.4 is 10.1 Å². The van der Waals surface area contributed by atoms with Gasteiger partial charge < -0.3 is 10.1 Å². The van der Waals surface area contributed by atoms with Gasteiger partial charge in [0.05, 0.1) is 0 Å². The van der Waals surface area contributed by atoms with Crippen molar-refractivity contribution < 1.29 is 9.13 Å². The van der Waals surface area contributed by atoms with E-state index in [1.807, 2.05) is 36.4 Å². The normalized spacial score (nSPS) is 10.1. The van der Waals surface area contributed by atoms with Gasteiger partial charge in [0.2, 0.25) is 0 Å². The molecule has 0 amide bonds. The molecule has 0 aliphatic heterocycles. The monoisotopic (exact) mass is 358 g/mol. The van der Waals surface area contributed by atoms with Crippen LogP contribution in [0.15, 0.2) is 73.1 Å². The molecule has 130 valence electrons. The van der Waals surface area contributed by atoms with Crippen molar-refractivity contribution >= 4 is 12.4 Å². The first-order valence-electron chi connectivity index (χ1n) is 7.86. The number of rotatable bonds is 7. The van der Waals surface area contributed by atoms with Crippen LogP contribution in [0.4, 0.5) is 4.39 Å². The van der Waals surface area contributed by atoms with Crippen LogP contribution in [0.5, 0.6) is 5.75 Å². The van der Waals surface area contributed by atoms with Crippen LogP contribution in [0, 0.1) is 5.82 Å². The fourth-order valence-corrected chi connectivity index (χ4v) is 2.37. The quantitative estimate of drug-likeness (QED) is 0.674. The molecule has 0 saturated carbocycles. The topological polar surface area (TPSA) is 34.1 Å². The Morgan fingerprint density at radius 2 is 1.56 bits per heavy atom. The number of pyridine rings is 1. The minimum atomic E-state index is -0.237. The molecule has 0 spiro atoms. The predicted molar refractivity (Wildman–Crippen MR) is 99.2 cm³/mol. The van der Waals surface area contributed by atoms with Crippen LogP contribution in [0.25, 0.3) is 0 Å². The molecule has 5 heteroatoms. The van der Waals surface area contributed by atoms with E-state index in [4.69, 9.17) is 4.74 Å². The lowest BCUT2D eigenvalue weighted by Gasteiger charge is -2.12. The first kappa shape index (κ1) is 18.9. The molecule has 0 aliphatic carbocycles. The molecule has 1 aromatic heterocycles. The van der Waals surface area contributed by atoms with Crippen molar-refractivity contribution in [1.82, 2.24) is 10.3 Å². The Bertz CT molecular complexity index is 766. The zero-order valence-electron chi connectivity index (χ0n) is 13.7. The number of hydrogen-bond donors (Lipinski definition) is 1. The van der Waals surface area contributed by atoms with Gasteiger partial charge in [-0.3, -0.25) is 4.98 Å². The molecule has 1 heterocycles. The van der Waals surface area contributed by atoms with Gasteiger partial charge in [-0.05, 0) is 41.5 Å². The predicted octanol–water partition coefficient (Wildman–Crippen LogP) is 4.51. The lowest BCUT2D eigenvalue weighted by Crippen LogP contribution is -2.13. The molecular formula is C20H20ClFN2O. The summed E-state index contributed by atoms with van der Waals surface area (Å²) in [6, 6.07) is 18.3. The maximum Gasteiger partial charge on any atom is 0.124 e. The summed E-state index contributed by atoms with van der Waals surface area (Å²) in [4.78, 5) is 4.01. The average molecular weight is 359 g/mol. The zero-order valence-corrected chi connectivity index (χ0v) is 14.5. The summed E-state index contributed by atoms with van der Waals surface area (Å²) >= 11 is 0. The third-order valence-electron chi connectivity index (χ3n) is 3.67. The van der Waals surface area contributed by atoms with Crippen molar-refractivity contribution in [2.24, 2.45) is 0 Å². The van der Waals surface area contributed by atoms with Crippen LogP contribution in [0.1, 0.15) is 16.7 Å². The zero-order chi connectivity index (χ0) is 16.6. The molecular weight excluding hydrogens is 339 g/mol. The Hall–Kier alpha value is -2.43. The molecule has 1 N–H and O–H groups in total. The number of para-hydroxylation sites is 1. The van der Waals surface area contributed by atoms with Crippen LogP contribution in [-0.2, 0) is 19.7 Å². The number of nitrogens with zero attached hydrogens (tertiary/aromatic N) is 1. The number of nitrogens with one attached hydrogen (secondary N) is 1. The van der Waals surface area contributed by atoms with Crippen LogP contribution in [0.2, 0.25) is 0 Å². The highest BCUT2D eigenvalue weighted by Crippen LogP contribution is 2.19. The van der Waals surface area contributed by atoms with E-state index in [0.717, 1.165) is 23.4 Å². The minimum absolute atomic E-state index is 0. The van der Waals surface area contributed by atoms with Crippen molar-refractivity contribution in [2.45, 2.75) is 19.7 Å². The Labute approximate surface area is 153 Å². The standard InChI is InChI=1S/C20H19FN2O.ClH/c21-19-7-5-17(6-8-19)15-24-20-4-2-1-3-18(20)14-23-13-16-9-11-22-12-10-16;/h1-12,23H,13-15H2;1H. The Morgan fingerprint density at radius 3 is 2.32 bits per heavy atom. The summed E-state index contributed by atoms with van der Waals surface area (Å²) in [5.74, 6) is 0.600. The van der Waals surface area contributed by atoms with E-state index in [9.17, 15) is 4.39 Å². The van der Waals surface area contributed by atoms with Gasteiger partial charge in [-0.2, -0.15) is 0 Å². The minimum Gasteiger partial charge on any atom is -0.489 e. The van der Waals surface area contributed by atoms with E-state index >= 15 is 0 Å². The van der Waals surface area contributed by atoms with Gasteiger partial charge >= 0.3 is 0 Å². The number of hydrogen-bond acceptors (Lipinski definition) is 3. The van der Waals surface area contributed by atoms with Gasteiger partial charge in [-0.1, -0.05) is 30.3 Å². The van der Waals surface area contributed by atoms with Gasteiger partial charge in [0, 0.05) is 31.0 Å². The second-order valence-corrected chi connectivity index (χ2v) is 5.48. The molecule has 0 saturated heterocycles. The Balaban J connectivity index is 0.00000225. The molecule has 3 nitrogen and oxygen atoms in total. The number of ether oxygens (including phenoxy) is 1. The van der Waals surface area contributed by atoms with Gasteiger partial charge in [0.25, 0.3) is 0 Å². The van der Waals surface area contributed by atoms with Crippen molar-refractivity contribution in [3.05, 3.63) is 95.6 Å². The third-order valence-corrected chi connectivity index (χ3v) is 3.67. The summed E-state index contributed by atoms with van der Waals surface area (Å²) in [6.45, 7) is 1.90. The number of benzene rings is 2.